The SMILES string of the molecule is CNC(=O)[C@@H]1CCCNC(=O)CC[C@@H](C(=O)NO)[C@@H](CC(C)C)C(=O)N1. The van der Waals surface area contributed by atoms with Crippen molar-refractivity contribution in [2.45, 2.75) is 52.0 Å². The van der Waals surface area contributed by atoms with E-state index in [0.29, 0.717) is 25.8 Å². The van der Waals surface area contributed by atoms with Crippen LogP contribution in [-0.2, 0) is 19.2 Å². The second-order valence-electron chi connectivity index (χ2n) is 7.02. The Labute approximate surface area is 153 Å². The number of likely N-dealkylation sites (N-methyl/N-ethyl adjacent to an activating group) is 1. The molecule has 3 atom stereocenters. The fourth-order valence-corrected chi connectivity index (χ4v) is 3.19. The Balaban J connectivity index is 3.14. The van der Waals surface area contributed by atoms with Crippen molar-refractivity contribution in [3.05, 3.63) is 0 Å². The molecule has 0 aromatic carbocycles. The van der Waals surface area contributed by atoms with Crippen LogP contribution in [0.1, 0.15) is 46.0 Å². The predicted molar refractivity (Wildman–Crippen MR) is 93.8 cm³/mol. The second kappa shape index (κ2) is 10.7. The minimum Gasteiger partial charge on any atom is -0.357 e. The van der Waals surface area contributed by atoms with E-state index in [-0.39, 0.29) is 30.6 Å². The molecule has 0 radical (unpaired) electrons. The van der Waals surface area contributed by atoms with E-state index >= 15 is 0 Å². The topological polar surface area (TPSA) is 137 Å². The zero-order valence-corrected chi connectivity index (χ0v) is 15.6. The lowest BCUT2D eigenvalue weighted by atomic mass is 9.81. The van der Waals surface area contributed by atoms with Gasteiger partial charge < -0.3 is 16.0 Å². The molecule has 0 aromatic heterocycles. The Morgan fingerprint density at radius 1 is 1.23 bits per heavy atom. The summed E-state index contributed by atoms with van der Waals surface area (Å²) in [4.78, 5) is 49.0. The average molecular weight is 370 g/mol. The summed E-state index contributed by atoms with van der Waals surface area (Å²) in [5, 5.41) is 17.1. The average Bonchev–Trinajstić information content (AvgIpc) is 2.60. The molecular formula is C17H30N4O5. The molecule has 1 heterocycles. The number of nitrogens with one attached hydrogen (secondary N) is 4. The summed E-state index contributed by atoms with van der Waals surface area (Å²) < 4.78 is 0. The Morgan fingerprint density at radius 2 is 1.92 bits per heavy atom. The van der Waals surface area contributed by atoms with Crippen LogP contribution in [0.2, 0.25) is 0 Å². The molecule has 1 fully saturated rings. The number of amides is 4. The maximum atomic E-state index is 12.9. The molecule has 1 aliphatic rings. The second-order valence-corrected chi connectivity index (χ2v) is 7.02. The molecule has 0 spiro atoms. The van der Waals surface area contributed by atoms with Gasteiger partial charge in [-0.15, -0.1) is 0 Å². The molecule has 5 N–H and O–H groups in total. The van der Waals surface area contributed by atoms with Gasteiger partial charge in [0, 0.05) is 25.9 Å². The van der Waals surface area contributed by atoms with Crippen LogP contribution in [0.5, 0.6) is 0 Å². The number of carbonyl (C=O) groups excluding carboxylic acids is 4. The molecule has 0 aliphatic carbocycles. The fraction of sp³-hybridized carbons (Fsp3) is 0.765. The zero-order valence-electron chi connectivity index (χ0n) is 15.6. The highest BCUT2D eigenvalue weighted by molar-refractivity contribution is 5.91. The van der Waals surface area contributed by atoms with Crippen LogP contribution in [0, 0.1) is 17.8 Å². The minimum absolute atomic E-state index is 0.0822. The summed E-state index contributed by atoms with van der Waals surface area (Å²) in [6.07, 6.45) is 1.52. The summed E-state index contributed by atoms with van der Waals surface area (Å²) in [6, 6.07) is -0.740. The van der Waals surface area contributed by atoms with Crippen LogP contribution >= 0.6 is 0 Å². The predicted octanol–water partition coefficient (Wildman–Crippen LogP) is -0.309. The van der Waals surface area contributed by atoms with Crippen molar-refractivity contribution in [3.8, 4) is 0 Å². The van der Waals surface area contributed by atoms with Gasteiger partial charge in [-0.1, -0.05) is 13.8 Å². The monoisotopic (exact) mass is 370 g/mol. The zero-order chi connectivity index (χ0) is 19.7. The first-order valence-corrected chi connectivity index (χ1v) is 9.02. The lowest BCUT2D eigenvalue weighted by molar-refractivity contribution is -0.142. The molecule has 0 bridgehead atoms. The molecule has 0 unspecified atom stereocenters. The van der Waals surface area contributed by atoms with E-state index in [9.17, 15) is 19.2 Å². The van der Waals surface area contributed by atoms with Crippen molar-refractivity contribution < 1.29 is 24.4 Å². The van der Waals surface area contributed by atoms with Crippen LogP contribution < -0.4 is 21.4 Å². The molecule has 9 nitrogen and oxygen atoms in total. The molecule has 1 aliphatic heterocycles. The first-order valence-electron chi connectivity index (χ1n) is 9.02. The van der Waals surface area contributed by atoms with Crippen molar-refractivity contribution in [2.24, 2.45) is 17.8 Å². The van der Waals surface area contributed by atoms with E-state index in [1.165, 1.54) is 7.05 Å². The van der Waals surface area contributed by atoms with Gasteiger partial charge in [0.05, 0.1) is 5.92 Å². The third-order valence-corrected chi connectivity index (χ3v) is 4.55. The molecule has 148 valence electrons. The van der Waals surface area contributed by atoms with Gasteiger partial charge >= 0.3 is 0 Å². The van der Waals surface area contributed by atoms with Gasteiger partial charge in [-0.25, -0.2) is 5.48 Å². The van der Waals surface area contributed by atoms with Crippen molar-refractivity contribution in [3.63, 3.8) is 0 Å². The number of hydrogen-bond acceptors (Lipinski definition) is 5. The smallest absolute Gasteiger partial charge is 0.247 e. The lowest BCUT2D eigenvalue weighted by Gasteiger charge is -2.28. The molecule has 4 amide bonds. The number of hydrogen-bond donors (Lipinski definition) is 5. The Kier molecular flexibility index (Phi) is 9.04. The third-order valence-electron chi connectivity index (χ3n) is 4.55. The molecule has 0 saturated carbocycles. The maximum Gasteiger partial charge on any atom is 0.247 e. The third kappa shape index (κ3) is 6.62. The van der Waals surface area contributed by atoms with Crippen LogP contribution in [0.15, 0.2) is 0 Å². The van der Waals surface area contributed by atoms with Crippen LogP contribution in [-0.4, -0.2) is 48.5 Å². The van der Waals surface area contributed by atoms with Gasteiger partial charge in [-0.05, 0) is 31.6 Å². The lowest BCUT2D eigenvalue weighted by Crippen LogP contribution is -2.51. The molecular weight excluding hydrogens is 340 g/mol. The van der Waals surface area contributed by atoms with E-state index < -0.39 is 29.7 Å². The molecule has 1 rings (SSSR count). The highest BCUT2D eigenvalue weighted by atomic mass is 16.5. The molecule has 26 heavy (non-hydrogen) atoms. The van der Waals surface area contributed by atoms with E-state index in [4.69, 9.17) is 5.21 Å². The van der Waals surface area contributed by atoms with Crippen LogP contribution in [0.3, 0.4) is 0 Å². The highest BCUT2D eigenvalue weighted by Gasteiger charge is 2.36. The van der Waals surface area contributed by atoms with Gasteiger partial charge in [0.25, 0.3) is 0 Å². The Morgan fingerprint density at radius 3 is 2.50 bits per heavy atom. The van der Waals surface area contributed by atoms with E-state index in [2.05, 4.69) is 16.0 Å². The fourth-order valence-electron chi connectivity index (χ4n) is 3.19. The van der Waals surface area contributed by atoms with Gasteiger partial charge in [-0.2, -0.15) is 0 Å². The van der Waals surface area contributed by atoms with Gasteiger partial charge in [0.1, 0.15) is 6.04 Å². The van der Waals surface area contributed by atoms with E-state index in [0.717, 1.165) is 0 Å². The first-order chi connectivity index (χ1) is 12.3. The summed E-state index contributed by atoms with van der Waals surface area (Å²) >= 11 is 0. The number of hydroxylamine groups is 1. The van der Waals surface area contributed by atoms with Crippen molar-refractivity contribution in [1.82, 2.24) is 21.4 Å². The standard InChI is InChI=1S/C17H30N4O5/c1-10(2)9-12-11(16(24)21-26)6-7-14(22)19-8-4-5-13(17(25)18-3)20-15(12)23/h10-13,26H,4-9H2,1-3H3,(H,18,25)(H,19,22)(H,20,23)(H,21,24)/t11-,12-,13+/m1/s1. The summed E-state index contributed by atoms with van der Waals surface area (Å²) in [7, 11) is 1.49. The number of carbonyl (C=O) groups is 4. The van der Waals surface area contributed by atoms with Crippen molar-refractivity contribution in [1.29, 1.82) is 0 Å². The Bertz CT molecular complexity index is 523. The van der Waals surface area contributed by atoms with Crippen LogP contribution in [0.4, 0.5) is 0 Å². The van der Waals surface area contributed by atoms with Gasteiger partial charge in [0.2, 0.25) is 23.6 Å². The van der Waals surface area contributed by atoms with Gasteiger partial charge in [0.15, 0.2) is 0 Å². The highest BCUT2D eigenvalue weighted by Crippen LogP contribution is 2.26. The summed E-state index contributed by atoms with van der Waals surface area (Å²) in [6.45, 7) is 4.22. The maximum absolute atomic E-state index is 12.9. The largest absolute Gasteiger partial charge is 0.357 e. The van der Waals surface area contributed by atoms with E-state index in [1.54, 1.807) is 5.48 Å². The van der Waals surface area contributed by atoms with Crippen molar-refractivity contribution in [2.75, 3.05) is 13.6 Å². The first kappa shape index (κ1) is 21.9. The number of rotatable bonds is 4. The van der Waals surface area contributed by atoms with Crippen molar-refractivity contribution >= 4 is 23.6 Å². The molecule has 0 aromatic rings. The molecule has 1 saturated heterocycles. The Hall–Kier alpha value is -2.16. The van der Waals surface area contributed by atoms with Gasteiger partial charge in [-0.3, -0.25) is 24.4 Å². The summed E-state index contributed by atoms with van der Waals surface area (Å²) in [5.74, 6) is -3.16. The summed E-state index contributed by atoms with van der Waals surface area (Å²) in [5.41, 5.74) is 1.60. The molecule has 9 heteroatoms. The quantitative estimate of drug-likeness (QED) is 0.342. The van der Waals surface area contributed by atoms with Crippen LogP contribution in [0.25, 0.3) is 0 Å². The minimum atomic E-state index is -0.863. The normalized spacial score (nSPS) is 25.3. The van der Waals surface area contributed by atoms with E-state index in [1.807, 2.05) is 13.8 Å².